The summed E-state index contributed by atoms with van der Waals surface area (Å²) in [4.78, 5) is 0. The van der Waals surface area contributed by atoms with Crippen LogP contribution < -0.4 is 0 Å². The number of aliphatic hydroxyl groups is 1. The van der Waals surface area contributed by atoms with Gasteiger partial charge in [-0.1, -0.05) is 17.7 Å². The van der Waals surface area contributed by atoms with Crippen molar-refractivity contribution in [1.82, 2.24) is 0 Å². The van der Waals surface area contributed by atoms with E-state index in [9.17, 15) is 18.3 Å². The number of hydrogen-bond acceptors (Lipinski definition) is 1. The maximum Gasteiger partial charge on any atom is 0.248 e. The van der Waals surface area contributed by atoms with E-state index in [2.05, 4.69) is 0 Å². The zero-order chi connectivity index (χ0) is 14.0. The molecule has 0 aliphatic heterocycles. The molecule has 1 aliphatic rings. The maximum absolute atomic E-state index is 13.0. The van der Waals surface area contributed by atoms with Crippen molar-refractivity contribution in [3.63, 3.8) is 0 Å². The second-order valence-corrected chi connectivity index (χ2v) is 5.61. The van der Waals surface area contributed by atoms with Crippen LogP contribution in [0, 0.1) is 11.7 Å². The van der Waals surface area contributed by atoms with Gasteiger partial charge in [0.1, 0.15) is 5.82 Å². The molecule has 5 heteroatoms. The molecule has 0 radical (unpaired) electrons. The molecule has 0 heterocycles. The van der Waals surface area contributed by atoms with Gasteiger partial charge in [0.2, 0.25) is 5.92 Å². The van der Waals surface area contributed by atoms with Gasteiger partial charge >= 0.3 is 0 Å². The fraction of sp³-hybridized carbons (Fsp3) is 0.571. The minimum atomic E-state index is -2.59. The lowest BCUT2D eigenvalue weighted by atomic mass is 9.81. The normalized spacial score (nSPS) is 21.3. The number of rotatable bonds is 3. The van der Waals surface area contributed by atoms with E-state index in [-0.39, 0.29) is 30.2 Å². The zero-order valence-electron chi connectivity index (χ0n) is 10.4. The van der Waals surface area contributed by atoms with Crippen molar-refractivity contribution in [3.05, 3.63) is 34.6 Å². The van der Waals surface area contributed by atoms with Crippen LogP contribution in [0.1, 0.15) is 31.2 Å². The quantitative estimate of drug-likeness (QED) is 0.885. The van der Waals surface area contributed by atoms with E-state index < -0.39 is 17.8 Å². The van der Waals surface area contributed by atoms with E-state index in [4.69, 9.17) is 11.6 Å². The molecule has 2 rings (SSSR count). The van der Waals surface area contributed by atoms with Gasteiger partial charge in [-0.25, -0.2) is 13.2 Å². The van der Waals surface area contributed by atoms with Crippen LogP contribution in [0.3, 0.4) is 0 Å². The van der Waals surface area contributed by atoms with Crippen LogP contribution in [0.2, 0.25) is 5.02 Å². The van der Waals surface area contributed by atoms with E-state index in [1.54, 1.807) is 0 Å². The summed E-state index contributed by atoms with van der Waals surface area (Å²) in [7, 11) is 0. The molecule has 0 saturated heterocycles. The highest BCUT2D eigenvalue weighted by atomic mass is 35.5. The highest BCUT2D eigenvalue weighted by Gasteiger charge is 2.37. The van der Waals surface area contributed by atoms with E-state index in [0.29, 0.717) is 18.4 Å². The fourth-order valence-electron chi connectivity index (χ4n) is 2.53. The van der Waals surface area contributed by atoms with Crippen LogP contribution in [-0.2, 0) is 6.42 Å². The number of hydrogen-bond donors (Lipinski definition) is 1. The molecule has 0 spiro atoms. The summed E-state index contributed by atoms with van der Waals surface area (Å²) in [5.74, 6) is -3.16. The predicted molar refractivity (Wildman–Crippen MR) is 68.0 cm³/mol. The van der Waals surface area contributed by atoms with Crippen LogP contribution >= 0.6 is 11.6 Å². The third-order valence-corrected chi connectivity index (χ3v) is 4.10. The Morgan fingerprint density at radius 2 is 1.95 bits per heavy atom. The van der Waals surface area contributed by atoms with Gasteiger partial charge < -0.3 is 5.11 Å². The van der Waals surface area contributed by atoms with Crippen molar-refractivity contribution in [2.45, 2.75) is 44.1 Å². The summed E-state index contributed by atoms with van der Waals surface area (Å²) in [6.07, 6.45) is -0.161. The third-order valence-electron chi connectivity index (χ3n) is 3.75. The maximum atomic E-state index is 13.0. The first-order valence-corrected chi connectivity index (χ1v) is 6.75. The van der Waals surface area contributed by atoms with Crippen LogP contribution in [0.4, 0.5) is 13.2 Å². The number of alkyl halides is 2. The molecule has 1 aliphatic carbocycles. The molecular weight excluding hydrogens is 277 g/mol. The minimum Gasteiger partial charge on any atom is -0.392 e. The molecule has 0 bridgehead atoms. The smallest absolute Gasteiger partial charge is 0.248 e. The van der Waals surface area contributed by atoms with Crippen molar-refractivity contribution in [1.29, 1.82) is 0 Å². The molecule has 1 aromatic rings. The lowest BCUT2D eigenvalue weighted by Crippen LogP contribution is -2.32. The minimum absolute atomic E-state index is 0.138. The topological polar surface area (TPSA) is 20.2 Å². The molecular formula is C14H16ClF3O. The van der Waals surface area contributed by atoms with Crippen molar-refractivity contribution in [2.24, 2.45) is 5.92 Å². The summed E-state index contributed by atoms with van der Waals surface area (Å²) in [5.41, 5.74) is 0.646. The Kier molecular flexibility index (Phi) is 4.41. The molecule has 0 amide bonds. The average molecular weight is 293 g/mol. The lowest BCUT2D eigenvalue weighted by molar-refractivity contribution is -0.0619. The summed E-state index contributed by atoms with van der Waals surface area (Å²) in [6.45, 7) is 0. The van der Waals surface area contributed by atoms with Gasteiger partial charge in [0.25, 0.3) is 0 Å². The zero-order valence-corrected chi connectivity index (χ0v) is 11.1. The largest absolute Gasteiger partial charge is 0.392 e. The molecule has 1 atom stereocenters. The molecule has 1 nitrogen and oxygen atoms in total. The Morgan fingerprint density at radius 1 is 1.32 bits per heavy atom. The Balaban J connectivity index is 1.96. The monoisotopic (exact) mass is 292 g/mol. The molecule has 0 aromatic heterocycles. The van der Waals surface area contributed by atoms with Gasteiger partial charge in [-0.2, -0.15) is 0 Å². The lowest BCUT2D eigenvalue weighted by Gasteiger charge is -2.31. The van der Waals surface area contributed by atoms with Crippen LogP contribution in [0.15, 0.2) is 18.2 Å². The van der Waals surface area contributed by atoms with Gasteiger partial charge in [-0.05, 0) is 36.5 Å². The first kappa shape index (κ1) is 14.7. The van der Waals surface area contributed by atoms with Gasteiger partial charge in [-0.15, -0.1) is 0 Å². The average Bonchev–Trinajstić information content (AvgIpc) is 2.32. The van der Waals surface area contributed by atoms with Gasteiger partial charge in [0, 0.05) is 24.3 Å². The number of halogens is 4. The van der Waals surface area contributed by atoms with Crippen LogP contribution in [0.5, 0.6) is 0 Å². The van der Waals surface area contributed by atoms with Crippen molar-refractivity contribution >= 4 is 11.6 Å². The summed E-state index contributed by atoms with van der Waals surface area (Å²) in [6, 6.07) is 4.00. The number of aliphatic hydroxyl groups excluding tert-OH is 1. The van der Waals surface area contributed by atoms with E-state index in [0.717, 1.165) is 0 Å². The predicted octanol–water partition coefficient (Wildman–Crippen LogP) is 4.21. The Hall–Kier alpha value is -0.740. The highest BCUT2D eigenvalue weighted by Crippen LogP contribution is 2.38. The molecule has 1 unspecified atom stereocenters. The Morgan fingerprint density at radius 3 is 2.53 bits per heavy atom. The molecule has 1 aromatic carbocycles. The summed E-state index contributed by atoms with van der Waals surface area (Å²) in [5, 5.41) is 10.4. The molecule has 106 valence electrons. The fourth-order valence-corrected chi connectivity index (χ4v) is 2.77. The van der Waals surface area contributed by atoms with Crippen LogP contribution in [0.25, 0.3) is 0 Å². The first-order valence-electron chi connectivity index (χ1n) is 6.37. The van der Waals surface area contributed by atoms with Crippen molar-refractivity contribution in [3.8, 4) is 0 Å². The molecule has 19 heavy (non-hydrogen) atoms. The van der Waals surface area contributed by atoms with E-state index in [1.807, 2.05) is 0 Å². The second-order valence-electron chi connectivity index (χ2n) is 5.20. The summed E-state index contributed by atoms with van der Waals surface area (Å²) < 4.78 is 39.0. The van der Waals surface area contributed by atoms with Gasteiger partial charge in [-0.3, -0.25) is 0 Å². The standard InChI is InChI=1S/C14H16ClF3O/c15-12-8-11(16)2-1-10(12)7-13(19)9-3-5-14(17,18)6-4-9/h1-2,8-9,13,19H,3-7H2. The SMILES string of the molecule is OC(Cc1ccc(F)cc1Cl)C1CCC(F)(F)CC1. The second kappa shape index (κ2) is 5.71. The Bertz CT molecular complexity index is 440. The van der Waals surface area contributed by atoms with Crippen molar-refractivity contribution in [2.75, 3.05) is 0 Å². The highest BCUT2D eigenvalue weighted by molar-refractivity contribution is 6.31. The molecule has 1 saturated carbocycles. The van der Waals surface area contributed by atoms with E-state index >= 15 is 0 Å². The Labute approximate surface area is 115 Å². The van der Waals surface area contributed by atoms with E-state index in [1.165, 1.54) is 18.2 Å². The summed E-state index contributed by atoms with van der Waals surface area (Å²) >= 11 is 5.89. The molecule has 1 fully saturated rings. The van der Waals surface area contributed by atoms with Gasteiger partial charge in [0.15, 0.2) is 0 Å². The number of benzene rings is 1. The first-order chi connectivity index (χ1) is 8.87. The van der Waals surface area contributed by atoms with Gasteiger partial charge in [0.05, 0.1) is 6.10 Å². The molecule has 1 N–H and O–H groups in total. The third kappa shape index (κ3) is 3.86. The van der Waals surface area contributed by atoms with Crippen LogP contribution in [-0.4, -0.2) is 17.1 Å². The van der Waals surface area contributed by atoms with Crippen molar-refractivity contribution < 1.29 is 18.3 Å².